The number of hydrogen-bond donors (Lipinski definition) is 5. The second kappa shape index (κ2) is 15.1. The van der Waals surface area contributed by atoms with E-state index in [0.29, 0.717) is 12.8 Å². The molecule has 0 amide bonds. The Bertz CT molecular complexity index is 406. The number of carbonyl (C=O) groups is 1. The van der Waals surface area contributed by atoms with Gasteiger partial charge in [-0.3, -0.25) is 4.79 Å². The zero-order valence-electron chi connectivity index (χ0n) is 16.7. The Kier molecular flexibility index (Phi) is 13.6. The van der Waals surface area contributed by atoms with E-state index in [1.165, 1.54) is 0 Å². The van der Waals surface area contributed by atoms with Crippen molar-refractivity contribution in [1.29, 1.82) is 0 Å². The Hall–Kier alpha value is -0.770. The highest BCUT2D eigenvalue weighted by Gasteiger charge is 2.41. The van der Waals surface area contributed by atoms with Gasteiger partial charge in [0.15, 0.2) is 6.10 Å². The first-order chi connectivity index (χ1) is 13.5. The Morgan fingerprint density at radius 3 is 2.00 bits per heavy atom. The van der Waals surface area contributed by atoms with E-state index in [1.54, 1.807) is 0 Å². The number of rotatable bonds is 16. The van der Waals surface area contributed by atoms with Crippen molar-refractivity contribution >= 4 is 5.97 Å². The van der Waals surface area contributed by atoms with Crippen LogP contribution < -0.4 is 0 Å². The first-order valence-electron chi connectivity index (χ1n) is 10.6. The lowest BCUT2D eigenvalue weighted by molar-refractivity contribution is -0.162. The van der Waals surface area contributed by atoms with Gasteiger partial charge in [0.05, 0.1) is 25.9 Å². The number of unbranched alkanes of at least 4 members (excludes halogenated alkanes) is 8. The van der Waals surface area contributed by atoms with Crippen molar-refractivity contribution in [3.8, 4) is 0 Å². The van der Waals surface area contributed by atoms with Crippen LogP contribution in [0.3, 0.4) is 0 Å². The molecule has 0 spiro atoms. The molecule has 1 aliphatic rings. The second-order valence-corrected chi connectivity index (χ2v) is 7.62. The topological polar surface area (TPSA) is 137 Å². The van der Waals surface area contributed by atoms with E-state index >= 15 is 0 Å². The minimum atomic E-state index is -1.16. The van der Waals surface area contributed by atoms with E-state index in [4.69, 9.17) is 14.6 Å². The Balaban J connectivity index is 1.97. The molecule has 8 heteroatoms. The van der Waals surface area contributed by atoms with Crippen molar-refractivity contribution in [3.63, 3.8) is 0 Å². The van der Waals surface area contributed by atoms with Gasteiger partial charge >= 0.3 is 5.97 Å². The summed E-state index contributed by atoms with van der Waals surface area (Å²) in [5, 5.41) is 46.6. The number of hydrogen-bond acceptors (Lipinski definition) is 8. The standard InChI is InChI=1S/C20H38O8/c21-12-15(23)10-8-6-4-2-1-3-5-7-9-11-18(25)28-17(13-22)20-19(26)16(24)14-27-20/h15-17,19-24,26H,1-14H2/t15?,16-,17+,19+,20+/m0/s1. The van der Waals surface area contributed by atoms with Gasteiger partial charge in [-0.25, -0.2) is 0 Å². The molecule has 1 unspecified atom stereocenters. The van der Waals surface area contributed by atoms with Gasteiger partial charge in [-0.15, -0.1) is 0 Å². The van der Waals surface area contributed by atoms with Crippen molar-refractivity contribution in [2.75, 3.05) is 19.8 Å². The average Bonchev–Trinajstić information content (AvgIpc) is 3.02. The molecule has 5 N–H and O–H groups in total. The zero-order chi connectivity index (χ0) is 20.8. The highest BCUT2D eigenvalue weighted by molar-refractivity contribution is 5.69. The van der Waals surface area contributed by atoms with E-state index in [2.05, 4.69) is 0 Å². The largest absolute Gasteiger partial charge is 0.457 e. The zero-order valence-corrected chi connectivity index (χ0v) is 16.7. The van der Waals surface area contributed by atoms with Crippen LogP contribution in [-0.4, -0.2) is 81.8 Å². The summed E-state index contributed by atoms with van der Waals surface area (Å²) in [6.45, 7) is -0.655. The summed E-state index contributed by atoms with van der Waals surface area (Å²) in [7, 11) is 0. The fourth-order valence-electron chi connectivity index (χ4n) is 3.37. The van der Waals surface area contributed by atoms with Gasteiger partial charge in [0.1, 0.15) is 18.3 Å². The fourth-order valence-corrected chi connectivity index (χ4v) is 3.37. The summed E-state index contributed by atoms with van der Waals surface area (Å²) < 4.78 is 10.4. The SMILES string of the molecule is O=C(CCCCCCCCCCCC(O)CO)O[C@H](CO)[C@H]1OC[C@H](O)[C@H]1O. The number of ether oxygens (including phenoxy) is 2. The van der Waals surface area contributed by atoms with Crippen LogP contribution in [0.15, 0.2) is 0 Å². The molecule has 0 radical (unpaired) electrons. The third-order valence-electron chi connectivity index (χ3n) is 5.15. The Morgan fingerprint density at radius 1 is 0.929 bits per heavy atom. The minimum Gasteiger partial charge on any atom is -0.457 e. The summed E-state index contributed by atoms with van der Waals surface area (Å²) >= 11 is 0. The molecule has 0 bridgehead atoms. The lowest BCUT2D eigenvalue weighted by Crippen LogP contribution is -2.43. The monoisotopic (exact) mass is 406 g/mol. The summed E-state index contributed by atoms with van der Waals surface area (Å²) in [6.07, 6.45) is 5.59. The smallest absolute Gasteiger partial charge is 0.306 e. The fraction of sp³-hybridized carbons (Fsp3) is 0.950. The summed E-state index contributed by atoms with van der Waals surface area (Å²) in [4.78, 5) is 11.9. The number of carbonyl (C=O) groups excluding carboxylic acids is 1. The van der Waals surface area contributed by atoms with Crippen molar-refractivity contribution in [2.45, 2.75) is 101 Å². The average molecular weight is 407 g/mol. The number of aliphatic hydroxyl groups is 5. The van der Waals surface area contributed by atoms with Crippen molar-refractivity contribution in [2.24, 2.45) is 0 Å². The normalized spacial score (nSPS) is 24.2. The van der Waals surface area contributed by atoms with E-state index in [0.717, 1.165) is 51.4 Å². The molecule has 5 atom stereocenters. The lowest BCUT2D eigenvalue weighted by Gasteiger charge is -2.24. The first-order valence-corrected chi connectivity index (χ1v) is 10.6. The molecule has 0 aromatic carbocycles. The maximum absolute atomic E-state index is 11.9. The Labute approximate surface area is 167 Å². The molecule has 1 aliphatic heterocycles. The van der Waals surface area contributed by atoms with Crippen LogP contribution in [0, 0.1) is 0 Å². The van der Waals surface area contributed by atoms with Gasteiger partial charge in [0, 0.05) is 6.42 Å². The summed E-state index contributed by atoms with van der Waals surface area (Å²) in [6, 6.07) is 0. The van der Waals surface area contributed by atoms with Gasteiger partial charge in [-0.05, 0) is 12.8 Å². The van der Waals surface area contributed by atoms with E-state index in [9.17, 15) is 25.2 Å². The second-order valence-electron chi connectivity index (χ2n) is 7.62. The molecule has 1 heterocycles. The maximum Gasteiger partial charge on any atom is 0.306 e. The van der Waals surface area contributed by atoms with Gasteiger partial charge in [-0.2, -0.15) is 0 Å². The van der Waals surface area contributed by atoms with Crippen LogP contribution >= 0.6 is 0 Å². The molecule has 0 aliphatic carbocycles. The summed E-state index contributed by atoms with van der Waals surface area (Å²) in [5.74, 6) is -0.429. The highest BCUT2D eigenvalue weighted by atomic mass is 16.6. The van der Waals surface area contributed by atoms with Gasteiger partial charge in [0.2, 0.25) is 0 Å². The van der Waals surface area contributed by atoms with Crippen molar-refractivity contribution in [3.05, 3.63) is 0 Å². The molecule has 1 rings (SSSR count). The van der Waals surface area contributed by atoms with Crippen LogP contribution in [-0.2, 0) is 14.3 Å². The predicted molar refractivity (Wildman–Crippen MR) is 103 cm³/mol. The van der Waals surface area contributed by atoms with Crippen LogP contribution in [0.25, 0.3) is 0 Å². The van der Waals surface area contributed by atoms with Crippen LogP contribution in [0.1, 0.15) is 70.6 Å². The van der Waals surface area contributed by atoms with Crippen molar-refractivity contribution in [1.82, 2.24) is 0 Å². The third kappa shape index (κ3) is 10.1. The van der Waals surface area contributed by atoms with Crippen LogP contribution in [0.4, 0.5) is 0 Å². The molecular weight excluding hydrogens is 368 g/mol. The highest BCUT2D eigenvalue weighted by Crippen LogP contribution is 2.20. The van der Waals surface area contributed by atoms with Crippen LogP contribution in [0.2, 0.25) is 0 Å². The molecule has 1 fully saturated rings. The number of esters is 1. The van der Waals surface area contributed by atoms with Crippen LogP contribution in [0.5, 0.6) is 0 Å². The van der Waals surface area contributed by atoms with Gasteiger partial charge in [0.25, 0.3) is 0 Å². The quantitative estimate of drug-likeness (QED) is 0.186. The van der Waals surface area contributed by atoms with E-state index < -0.39 is 43.1 Å². The lowest BCUT2D eigenvalue weighted by atomic mass is 10.0. The number of aliphatic hydroxyl groups excluding tert-OH is 5. The van der Waals surface area contributed by atoms with Gasteiger partial charge in [-0.1, -0.05) is 51.4 Å². The Morgan fingerprint density at radius 2 is 1.50 bits per heavy atom. The summed E-state index contributed by atoms with van der Waals surface area (Å²) in [5.41, 5.74) is 0. The van der Waals surface area contributed by atoms with E-state index in [1.807, 2.05) is 0 Å². The molecule has 28 heavy (non-hydrogen) atoms. The van der Waals surface area contributed by atoms with E-state index in [-0.39, 0.29) is 19.6 Å². The minimum absolute atomic E-state index is 0.0372. The molecule has 0 aromatic rings. The molecule has 0 aromatic heterocycles. The molecule has 1 saturated heterocycles. The predicted octanol–water partition coefficient (Wildman–Crippen LogP) is 0.655. The van der Waals surface area contributed by atoms with Crippen molar-refractivity contribution < 1.29 is 39.8 Å². The van der Waals surface area contributed by atoms with Gasteiger partial charge < -0.3 is 35.0 Å². The molecule has 0 saturated carbocycles. The first kappa shape index (κ1) is 25.3. The molecule has 8 nitrogen and oxygen atoms in total. The molecular formula is C20H38O8. The molecule has 166 valence electrons. The third-order valence-corrected chi connectivity index (χ3v) is 5.15. The maximum atomic E-state index is 11.9.